The van der Waals surface area contributed by atoms with E-state index in [4.69, 9.17) is 11.6 Å². The van der Waals surface area contributed by atoms with Crippen LogP contribution < -0.4 is 10.9 Å². The lowest BCUT2D eigenvalue weighted by Crippen LogP contribution is -2.39. The van der Waals surface area contributed by atoms with Gasteiger partial charge in [-0.15, -0.1) is 0 Å². The number of piperidine rings is 1. The maximum absolute atomic E-state index is 12.5. The van der Waals surface area contributed by atoms with Gasteiger partial charge in [0.15, 0.2) is 0 Å². The number of likely N-dealkylation sites (tertiary alicyclic amines) is 1. The van der Waals surface area contributed by atoms with E-state index >= 15 is 0 Å². The van der Waals surface area contributed by atoms with Crippen LogP contribution in [0.4, 0.5) is 11.4 Å². The van der Waals surface area contributed by atoms with E-state index in [-0.39, 0.29) is 10.7 Å². The molecule has 0 spiro atoms. The zero-order valence-electron chi connectivity index (χ0n) is 16.7. The highest BCUT2D eigenvalue weighted by Crippen LogP contribution is 2.21. The number of nitro benzene ring substituents is 1. The minimum atomic E-state index is -0.495. The predicted molar refractivity (Wildman–Crippen MR) is 114 cm³/mol. The highest BCUT2D eigenvalue weighted by molar-refractivity contribution is 6.32. The number of nitro groups is 1. The molecule has 1 saturated heterocycles. The summed E-state index contributed by atoms with van der Waals surface area (Å²) in [4.78, 5) is 25.3. The minimum Gasteiger partial charge on any atom is -0.382 e. The maximum atomic E-state index is 12.5. The molecule has 1 aliphatic rings. The second-order valence-corrected chi connectivity index (χ2v) is 8.23. The third-order valence-corrected chi connectivity index (χ3v) is 5.50. The summed E-state index contributed by atoms with van der Waals surface area (Å²) in [7, 11) is 0. The minimum absolute atomic E-state index is 0.0522. The number of nitrogens with zero attached hydrogens (tertiary/aromatic N) is 4. The molecule has 29 heavy (non-hydrogen) atoms. The Bertz CT molecular complexity index is 905. The molecule has 2 heterocycles. The molecular weight excluding hydrogens is 394 g/mol. The Morgan fingerprint density at radius 3 is 2.52 bits per heavy atom. The lowest BCUT2D eigenvalue weighted by molar-refractivity contribution is -0.384. The van der Waals surface area contributed by atoms with E-state index in [9.17, 15) is 14.9 Å². The van der Waals surface area contributed by atoms with E-state index in [1.165, 1.54) is 36.9 Å². The van der Waals surface area contributed by atoms with Gasteiger partial charge in [0.25, 0.3) is 11.2 Å². The second-order valence-electron chi connectivity index (χ2n) is 7.85. The molecule has 0 saturated carbocycles. The van der Waals surface area contributed by atoms with Crippen LogP contribution in [0.2, 0.25) is 5.02 Å². The van der Waals surface area contributed by atoms with Gasteiger partial charge in [-0.1, -0.05) is 25.4 Å². The molecule has 1 fully saturated rings. The molecule has 1 aromatic carbocycles. The Balaban J connectivity index is 1.59. The van der Waals surface area contributed by atoms with Crippen molar-refractivity contribution in [3.05, 3.63) is 56.0 Å². The molecule has 2 atom stereocenters. The molecule has 2 aromatic rings. The van der Waals surface area contributed by atoms with Crippen molar-refractivity contribution in [3.63, 3.8) is 0 Å². The van der Waals surface area contributed by atoms with Gasteiger partial charge in [-0.2, -0.15) is 9.78 Å². The van der Waals surface area contributed by atoms with E-state index in [2.05, 4.69) is 29.2 Å². The van der Waals surface area contributed by atoms with Gasteiger partial charge in [0.05, 0.1) is 22.5 Å². The molecule has 0 aliphatic carbocycles. The highest BCUT2D eigenvalue weighted by atomic mass is 35.5. The predicted octanol–water partition coefficient (Wildman–Crippen LogP) is 3.57. The Kier molecular flexibility index (Phi) is 6.87. The summed E-state index contributed by atoms with van der Waals surface area (Å²) in [6.45, 7) is 8.57. The van der Waals surface area contributed by atoms with Crippen molar-refractivity contribution in [1.29, 1.82) is 0 Å². The van der Waals surface area contributed by atoms with Gasteiger partial charge in [0.2, 0.25) is 0 Å². The molecule has 1 N–H and O–H groups in total. The molecule has 1 aromatic heterocycles. The number of hydrogen-bond acceptors (Lipinski definition) is 6. The second kappa shape index (κ2) is 9.37. The quantitative estimate of drug-likeness (QED) is 0.419. The highest BCUT2D eigenvalue weighted by Gasteiger charge is 2.21. The average Bonchev–Trinajstić information content (AvgIpc) is 2.68. The standard InChI is InChI=1S/C20H26ClN5O3/c1-14-10-15(2)13-24(12-14)9-3-8-22-18-11-23-25(20(27)19(18)21)16-4-6-17(7-5-16)26(28)29/h4-7,11,14-15,22H,3,8-10,12-13H2,1-2H3. The van der Waals surface area contributed by atoms with Crippen molar-refractivity contribution in [1.82, 2.24) is 14.7 Å². The van der Waals surface area contributed by atoms with Gasteiger partial charge < -0.3 is 10.2 Å². The fraction of sp³-hybridized carbons (Fsp3) is 0.500. The normalized spacial score (nSPS) is 19.8. The van der Waals surface area contributed by atoms with Gasteiger partial charge in [-0.05, 0) is 43.4 Å². The number of anilines is 1. The molecule has 0 bridgehead atoms. The lowest BCUT2D eigenvalue weighted by atomic mass is 9.92. The van der Waals surface area contributed by atoms with Crippen LogP contribution in [0.3, 0.4) is 0 Å². The zero-order valence-corrected chi connectivity index (χ0v) is 17.4. The SMILES string of the molecule is CC1CC(C)CN(CCCNc2cnn(-c3ccc([N+](=O)[O-])cc3)c(=O)c2Cl)C1. The summed E-state index contributed by atoms with van der Waals surface area (Å²) < 4.78 is 1.13. The molecule has 0 amide bonds. The van der Waals surface area contributed by atoms with Crippen molar-refractivity contribution in [2.24, 2.45) is 11.8 Å². The van der Waals surface area contributed by atoms with Crippen LogP contribution in [-0.4, -0.2) is 45.8 Å². The van der Waals surface area contributed by atoms with Crippen LogP contribution in [0.1, 0.15) is 26.7 Å². The van der Waals surface area contributed by atoms with Gasteiger partial charge in [0, 0.05) is 31.8 Å². The fourth-order valence-electron chi connectivity index (χ4n) is 3.96. The first kappa shape index (κ1) is 21.3. The number of nitrogens with one attached hydrogen (secondary N) is 1. The monoisotopic (exact) mass is 419 g/mol. The van der Waals surface area contributed by atoms with Crippen LogP contribution >= 0.6 is 11.6 Å². The van der Waals surface area contributed by atoms with Crippen molar-refractivity contribution < 1.29 is 4.92 Å². The van der Waals surface area contributed by atoms with Crippen LogP contribution in [0.5, 0.6) is 0 Å². The van der Waals surface area contributed by atoms with Crippen molar-refractivity contribution in [3.8, 4) is 5.69 Å². The molecule has 0 radical (unpaired) electrons. The summed E-state index contributed by atoms with van der Waals surface area (Å²) in [5.41, 5.74) is 0.394. The lowest BCUT2D eigenvalue weighted by Gasteiger charge is -2.34. The summed E-state index contributed by atoms with van der Waals surface area (Å²) in [5.74, 6) is 1.47. The molecule has 3 rings (SSSR count). The number of aromatic nitrogens is 2. The van der Waals surface area contributed by atoms with Gasteiger partial charge in [-0.25, -0.2) is 0 Å². The van der Waals surface area contributed by atoms with E-state index < -0.39 is 10.5 Å². The van der Waals surface area contributed by atoms with Gasteiger partial charge in [-0.3, -0.25) is 14.9 Å². The largest absolute Gasteiger partial charge is 0.382 e. The number of rotatable bonds is 7. The Morgan fingerprint density at radius 2 is 1.90 bits per heavy atom. The first-order valence-corrected chi connectivity index (χ1v) is 10.2. The van der Waals surface area contributed by atoms with Crippen LogP contribution in [0.25, 0.3) is 5.69 Å². The fourth-order valence-corrected chi connectivity index (χ4v) is 4.15. The number of halogens is 1. The molecule has 9 heteroatoms. The first-order chi connectivity index (χ1) is 13.8. The zero-order chi connectivity index (χ0) is 21.0. The third-order valence-electron chi connectivity index (χ3n) is 5.14. The third kappa shape index (κ3) is 5.33. The van der Waals surface area contributed by atoms with Crippen LogP contribution in [-0.2, 0) is 0 Å². The van der Waals surface area contributed by atoms with E-state index in [1.807, 2.05) is 0 Å². The molecular formula is C20H26ClN5O3. The van der Waals surface area contributed by atoms with Gasteiger partial charge in [0.1, 0.15) is 5.02 Å². The molecule has 156 valence electrons. The average molecular weight is 420 g/mol. The Morgan fingerprint density at radius 1 is 1.24 bits per heavy atom. The Labute approximate surface area is 174 Å². The molecule has 2 unspecified atom stereocenters. The first-order valence-electron chi connectivity index (χ1n) is 9.84. The topological polar surface area (TPSA) is 93.3 Å². The molecule has 8 nitrogen and oxygen atoms in total. The van der Waals surface area contributed by atoms with Crippen molar-refractivity contribution in [2.45, 2.75) is 26.7 Å². The number of non-ortho nitro benzene ring substituents is 1. The summed E-state index contributed by atoms with van der Waals surface area (Å²) in [6, 6.07) is 5.59. The Hall–Kier alpha value is -2.45. The summed E-state index contributed by atoms with van der Waals surface area (Å²) in [6.07, 6.45) is 3.75. The van der Waals surface area contributed by atoms with Gasteiger partial charge >= 0.3 is 0 Å². The molecule has 1 aliphatic heterocycles. The van der Waals surface area contributed by atoms with Crippen molar-refractivity contribution in [2.75, 3.05) is 31.5 Å². The van der Waals surface area contributed by atoms with E-state index in [1.54, 1.807) is 0 Å². The van der Waals surface area contributed by atoms with E-state index in [0.29, 0.717) is 17.9 Å². The summed E-state index contributed by atoms with van der Waals surface area (Å²) in [5, 5.41) is 18.2. The maximum Gasteiger partial charge on any atom is 0.292 e. The van der Waals surface area contributed by atoms with Crippen LogP contribution in [0.15, 0.2) is 35.3 Å². The number of benzene rings is 1. The van der Waals surface area contributed by atoms with E-state index in [0.717, 1.165) is 42.6 Å². The van der Waals surface area contributed by atoms with Crippen LogP contribution in [0, 0.1) is 22.0 Å². The van der Waals surface area contributed by atoms with Crippen molar-refractivity contribution >= 4 is 23.0 Å². The smallest absolute Gasteiger partial charge is 0.292 e. The number of hydrogen-bond donors (Lipinski definition) is 1. The summed E-state index contributed by atoms with van der Waals surface area (Å²) >= 11 is 6.24.